The molecule has 0 aromatic heterocycles. The van der Waals surface area contributed by atoms with Crippen LogP contribution in [0.4, 0.5) is 0 Å². The lowest BCUT2D eigenvalue weighted by atomic mass is 10.0. The number of Topliss-reactive ketones (excluding diaryl/α,β-unsaturated/α-hetero) is 2. The maximum atomic E-state index is 12.8. The molecule has 1 saturated heterocycles. The van der Waals surface area contributed by atoms with E-state index >= 15 is 0 Å². The molecule has 0 radical (unpaired) electrons. The number of carbonyl (C=O) groups is 3. The molecule has 2 heterocycles. The van der Waals surface area contributed by atoms with Gasteiger partial charge in [-0.15, -0.1) is 0 Å². The van der Waals surface area contributed by atoms with Crippen molar-refractivity contribution in [2.24, 2.45) is 0 Å². The molecule has 2 aliphatic rings. The molecule has 6 heteroatoms. The van der Waals surface area contributed by atoms with Crippen molar-refractivity contribution in [1.29, 1.82) is 0 Å². The van der Waals surface area contributed by atoms with Crippen molar-refractivity contribution in [2.45, 2.75) is 31.7 Å². The molecule has 4 rings (SSSR count). The second kappa shape index (κ2) is 8.47. The van der Waals surface area contributed by atoms with Crippen molar-refractivity contribution in [3.8, 4) is 11.5 Å². The molecule has 1 amide bonds. The number of ether oxygens (including phenoxy) is 2. The molecule has 0 aliphatic carbocycles. The summed E-state index contributed by atoms with van der Waals surface area (Å²) in [6, 6.07) is 13.7. The molecule has 6 nitrogen and oxygen atoms in total. The monoisotopic (exact) mass is 393 g/mol. The highest BCUT2D eigenvalue weighted by Gasteiger charge is 2.34. The highest BCUT2D eigenvalue weighted by atomic mass is 16.6. The Balaban J connectivity index is 1.37. The predicted octanol–water partition coefficient (Wildman–Crippen LogP) is 3.29. The Morgan fingerprint density at radius 3 is 2.45 bits per heavy atom. The molecule has 0 bridgehead atoms. The van der Waals surface area contributed by atoms with E-state index in [1.165, 1.54) is 0 Å². The number of rotatable bonds is 6. The molecular formula is C23H23NO5. The van der Waals surface area contributed by atoms with Gasteiger partial charge in [0.15, 0.2) is 23.1 Å². The summed E-state index contributed by atoms with van der Waals surface area (Å²) in [5.41, 5.74) is 1.12. The zero-order valence-electron chi connectivity index (χ0n) is 16.1. The van der Waals surface area contributed by atoms with Crippen LogP contribution in [0.2, 0.25) is 0 Å². The third-order valence-electron chi connectivity index (χ3n) is 5.36. The van der Waals surface area contributed by atoms with Gasteiger partial charge in [0.2, 0.25) is 5.91 Å². The highest BCUT2D eigenvalue weighted by Crippen LogP contribution is 2.31. The van der Waals surface area contributed by atoms with Crippen molar-refractivity contribution in [1.82, 2.24) is 4.90 Å². The van der Waals surface area contributed by atoms with Gasteiger partial charge < -0.3 is 14.4 Å². The summed E-state index contributed by atoms with van der Waals surface area (Å²) >= 11 is 0. The third-order valence-corrected chi connectivity index (χ3v) is 5.36. The fourth-order valence-corrected chi connectivity index (χ4v) is 3.86. The normalized spacial score (nSPS) is 17.8. The first-order chi connectivity index (χ1) is 14.1. The van der Waals surface area contributed by atoms with Gasteiger partial charge in [-0.05, 0) is 31.0 Å². The molecule has 150 valence electrons. The van der Waals surface area contributed by atoms with Crippen molar-refractivity contribution in [2.75, 3.05) is 19.8 Å². The van der Waals surface area contributed by atoms with Crippen LogP contribution in [0.5, 0.6) is 11.5 Å². The SMILES string of the molecule is O=C(CCC(=O)N1CCCC1C(=O)c1ccccc1)c1ccc2c(c1)OCCO2. The molecule has 1 atom stereocenters. The van der Waals surface area contributed by atoms with Gasteiger partial charge in [-0.25, -0.2) is 0 Å². The fraction of sp³-hybridized carbons (Fsp3) is 0.348. The van der Waals surface area contributed by atoms with Crippen molar-refractivity contribution >= 4 is 17.5 Å². The van der Waals surface area contributed by atoms with E-state index in [0.29, 0.717) is 48.8 Å². The van der Waals surface area contributed by atoms with E-state index in [9.17, 15) is 14.4 Å². The average Bonchev–Trinajstić information content (AvgIpc) is 3.27. The molecule has 1 unspecified atom stereocenters. The van der Waals surface area contributed by atoms with Crippen LogP contribution in [-0.2, 0) is 4.79 Å². The quantitative estimate of drug-likeness (QED) is 0.704. The Kier molecular flexibility index (Phi) is 5.60. The maximum absolute atomic E-state index is 12.8. The summed E-state index contributed by atoms with van der Waals surface area (Å²) in [6.45, 7) is 1.50. The zero-order valence-corrected chi connectivity index (χ0v) is 16.1. The first-order valence-corrected chi connectivity index (χ1v) is 9.95. The molecule has 0 N–H and O–H groups in total. The Bertz CT molecular complexity index is 924. The standard InChI is InChI=1S/C23H23NO5/c25-19(17-8-10-20-21(15-17)29-14-13-28-20)9-11-22(26)24-12-4-7-18(24)23(27)16-5-2-1-3-6-16/h1-3,5-6,8,10,15,18H,4,7,9,11-14H2. The van der Waals surface area contributed by atoms with Gasteiger partial charge in [-0.2, -0.15) is 0 Å². The average molecular weight is 393 g/mol. The predicted molar refractivity (Wildman–Crippen MR) is 107 cm³/mol. The zero-order chi connectivity index (χ0) is 20.2. The smallest absolute Gasteiger partial charge is 0.223 e. The molecule has 2 aliphatic heterocycles. The van der Waals surface area contributed by atoms with Crippen LogP contribution >= 0.6 is 0 Å². The highest BCUT2D eigenvalue weighted by molar-refractivity contribution is 6.03. The van der Waals surface area contributed by atoms with Crippen LogP contribution in [0, 0.1) is 0 Å². The summed E-state index contributed by atoms with van der Waals surface area (Å²) in [5, 5.41) is 0. The number of hydrogen-bond acceptors (Lipinski definition) is 5. The van der Waals surface area contributed by atoms with Crippen molar-refractivity contribution in [3.05, 3.63) is 59.7 Å². The number of amides is 1. The number of carbonyl (C=O) groups excluding carboxylic acids is 3. The fourth-order valence-electron chi connectivity index (χ4n) is 3.86. The number of likely N-dealkylation sites (tertiary alicyclic amines) is 1. The Labute approximate surface area is 169 Å². The van der Waals surface area contributed by atoms with Crippen molar-refractivity contribution in [3.63, 3.8) is 0 Å². The second-order valence-electron chi connectivity index (χ2n) is 7.26. The number of benzene rings is 2. The van der Waals surface area contributed by atoms with Crippen LogP contribution < -0.4 is 9.47 Å². The molecule has 0 saturated carbocycles. The van der Waals surface area contributed by atoms with Crippen LogP contribution in [0.1, 0.15) is 46.4 Å². The lowest BCUT2D eigenvalue weighted by Crippen LogP contribution is -2.40. The summed E-state index contributed by atoms with van der Waals surface area (Å²) in [5.74, 6) is 0.877. The van der Waals surface area contributed by atoms with Crippen molar-refractivity contribution < 1.29 is 23.9 Å². The third kappa shape index (κ3) is 4.16. The molecule has 2 aromatic carbocycles. The minimum Gasteiger partial charge on any atom is -0.486 e. The van der Waals surface area contributed by atoms with E-state index in [1.54, 1.807) is 35.2 Å². The lowest BCUT2D eigenvalue weighted by molar-refractivity contribution is -0.131. The Morgan fingerprint density at radius 1 is 0.897 bits per heavy atom. The van der Waals surface area contributed by atoms with Gasteiger partial charge >= 0.3 is 0 Å². The first-order valence-electron chi connectivity index (χ1n) is 9.95. The molecule has 1 fully saturated rings. The van der Waals surface area contributed by atoms with E-state index in [4.69, 9.17) is 9.47 Å². The molecule has 2 aromatic rings. The van der Waals surface area contributed by atoms with Crippen LogP contribution in [0.3, 0.4) is 0 Å². The second-order valence-corrected chi connectivity index (χ2v) is 7.26. The lowest BCUT2D eigenvalue weighted by Gasteiger charge is -2.24. The minimum absolute atomic E-state index is 0.0328. The van der Waals surface area contributed by atoms with E-state index in [2.05, 4.69) is 0 Å². The summed E-state index contributed by atoms with van der Waals surface area (Å²) in [4.78, 5) is 39.7. The summed E-state index contributed by atoms with van der Waals surface area (Å²) < 4.78 is 11.0. The van der Waals surface area contributed by atoms with Gasteiger partial charge in [0, 0.05) is 30.5 Å². The van der Waals surface area contributed by atoms with Gasteiger partial charge in [-0.1, -0.05) is 30.3 Å². The Morgan fingerprint density at radius 2 is 1.66 bits per heavy atom. The summed E-state index contributed by atoms with van der Waals surface area (Å²) in [7, 11) is 0. The van der Waals surface area contributed by atoms with E-state index in [1.807, 2.05) is 18.2 Å². The molecular weight excluding hydrogens is 370 g/mol. The topological polar surface area (TPSA) is 72.9 Å². The van der Waals surface area contributed by atoms with E-state index < -0.39 is 6.04 Å². The number of nitrogens with zero attached hydrogens (tertiary/aromatic N) is 1. The van der Waals surface area contributed by atoms with Crippen LogP contribution in [-0.4, -0.2) is 48.2 Å². The van der Waals surface area contributed by atoms with Gasteiger partial charge in [-0.3, -0.25) is 14.4 Å². The van der Waals surface area contributed by atoms with Gasteiger partial charge in [0.05, 0.1) is 6.04 Å². The van der Waals surface area contributed by atoms with E-state index in [-0.39, 0.29) is 30.3 Å². The molecule has 29 heavy (non-hydrogen) atoms. The van der Waals surface area contributed by atoms with E-state index in [0.717, 1.165) is 6.42 Å². The van der Waals surface area contributed by atoms with Crippen LogP contribution in [0.25, 0.3) is 0 Å². The first kappa shape index (κ1) is 19.2. The van der Waals surface area contributed by atoms with Gasteiger partial charge in [0.25, 0.3) is 0 Å². The Hall–Kier alpha value is -3.15. The number of fused-ring (bicyclic) bond motifs is 1. The molecule has 0 spiro atoms. The van der Waals surface area contributed by atoms with Crippen LogP contribution in [0.15, 0.2) is 48.5 Å². The summed E-state index contributed by atoms with van der Waals surface area (Å²) in [6.07, 6.45) is 1.65. The minimum atomic E-state index is -0.436. The largest absolute Gasteiger partial charge is 0.486 e. The maximum Gasteiger partial charge on any atom is 0.223 e. The number of ketones is 2. The number of hydrogen-bond donors (Lipinski definition) is 0. The van der Waals surface area contributed by atoms with Gasteiger partial charge in [0.1, 0.15) is 13.2 Å².